The fourth-order valence-electron chi connectivity index (χ4n) is 4.44. The normalized spacial score (nSPS) is 15.7. The SMILES string of the molecule is [N-]=[N+]=N[C@@H](c1ccccc1)[C@@H](c1ccccc1)N1CCN(C(=O)NCc2c(Cl)cccc2Cl)CC1. The first-order chi connectivity index (χ1) is 17.1. The molecule has 1 saturated heterocycles. The zero-order chi connectivity index (χ0) is 24.6. The number of carbonyl (C=O) groups excluding carboxylic acids is 1. The molecule has 1 N–H and O–H groups in total. The van der Waals surface area contributed by atoms with E-state index in [9.17, 15) is 10.3 Å². The van der Waals surface area contributed by atoms with Crippen LogP contribution in [0.1, 0.15) is 28.8 Å². The molecule has 4 rings (SSSR count). The summed E-state index contributed by atoms with van der Waals surface area (Å²) in [7, 11) is 0. The van der Waals surface area contributed by atoms with Gasteiger partial charge in [-0.25, -0.2) is 4.79 Å². The minimum absolute atomic E-state index is 0.151. The number of rotatable bonds is 7. The molecule has 1 heterocycles. The predicted molar refractivity (Wildman–Crippen MR) is 139 cm³/mol. The number of nitrogens with zero attached hydrogens (tertiary/aromatic N) is 5. The van der Waals surface area contributed by atoms with Crippen molar-refractivity contribution in [3.05, 3.63) is 116 Å². The second-order valence-electron chi connectivity index (χ2n) is 8.30. The van der Waals surface area contributed by atoms with Crippen LogP contribution in [0, 0.1) is 0 Å². The number of nitrogens with one attached hydrogen (secondary N) is 1. The summed E-state index contributed by atoms with van der Waals surface area (Å²) >= 11 is 12.5. The Hall–Kier alpha value is -3.22. The van der Waals surface area contributed by atoms with Crippen molar-refractivity contribution >= 4 is 29.2 Å². The molecule has 0 bridgehead atoms. The fraction of sp³-hybridized carbons (Fsp3) is 0.269. The number of benzene rings is 3. The van der Waals surface area contributed by atoms with Crippen LogP contribution in [-0.4, -0.2) is 42.0 Å². The molecule has 0 unspecified atom stereocenters. The molecule has 0 saturated carbocycles. The van der Waals surface area contributed by atoms with Gasteiger partial charge in [-0.15, -0.1) is 0 Å². The van der Waals surface area contributed by atoms with E-state index in [1.807, 2.05) is 48.5 Å². The lowest BCUT2D eigenvalue weighted by Gasteiger charge is -2.41. The minimum Gasteiger partial charge on any atom is -0.334 e. The van der Waals surface area contributed by atoms with Crippen LogP contribution >= 0.6 is 23.2 Å². The number of hydrogen-bond acceptors (Lipinski definition) is 3. The number of hydrogen-bond donors (Lipinski definition) is 1. The zero-order valence-corrected chi connectivity index (χ0v) is 20.6. The van der Waals surface area contributed by atoms with Crippen molar-refractivity contribution in [3.8, 4) is 0 Å². The quantitative estimate of drug-likeness (QED) is 0.221. The van der Waals surface area contributed by atoms with Gasteiger partial charge in [0.2, 0.25) is 0 Å². The standard InChI is InChI=1S/C26H26Cl2N6O/c27-22-12-7-13-23(28)21(22)18-30-26(35)34-16-14-33(15-17-34)25(20-10-5-2-6-11-20)24(31-32-29)19-8-3-1-4-9-19/h1-13,24-25H,14-18H2,(H,30,35)/t24-,25+/m0/s1. The van der Waals surface area contributed by atoms with Gasteiger partial charge in [-0.1, -0.05) is 95.0 Å². The van der Waals surface area contributed by atoms with Crippen LogP contribution in [0.5, 0.6) is 0 Å². The zero-order valence-electron chi connectivity index (χ0n) is 19.1. The molecule has 9 heteroatoms. The molecule has 2 atom stereocenters. The van der Waals surface area contributed by atoms with Crippen LogP contribution in [0.2, 0.25) is 10.0 Å². The van der Waals surface area contributed by atoms with E-state index in [4.69, 9.17) is 23.2 Å². The third-order valence-corrected chi connectivity index (χ3v) is 6.94. The summed E-state index contributed by atoms with van der Waals surface area (Å²) in [5, 5.41) is 8.18. The Bertz CT molecular complexity index is 1160. The molecular weight excluding hydrogens is 483 g/mol. The van der Waals surface area contributed by atoms with Gasteiger partial charge in [-0.2, -0.15) is 0 Å². The van der Waals surface area contributed by atoms with Gasteiger partial charge in [0.05, 0.1) is 6.04 Å². The van der Waals surface area contributed by atoms with E-state index in [2.05, 4.69) is 32.4 Å². The fourth-order valence-corrected chi connectivity index (χ4v) is 4.97. The van der Waals surface area contributed by atoms with Crippen LogP contribution < -0.4 is 5.32 Å². The highest BCUT2D eigenvalue weighted by Gasteiger charge is 2.33. The molecule has 0 aromatic heterocycles. The van der Waals surface area contributed by atoms with Crippen LogP contribution in [-0.2, 0) is 6.54 Å². The molecule has 180 valence electrons. The van der Waals surface area contributed by atoms with E-state index in [1.54, 1.807) is 23.1 Å². The second kappa shape index (κ2) is 12.0. The lowest BCUT2D eigenvalue weighted by atomic mass is 9.92. The van der Waals surface area contributed by atoms with Crippen molar-refractivity contribution in [2.45, 2.75) is 18.6 Å². The summed E-state index contributed by atoms with van der Waals surface area (Å²) in [6.07, 6.45) is 0. The van der Waals surface area contributed by atoms with Crippen molar-refractivity contribution in [1.82, 2.24) is 15.1 Å². The van der Waals surface area contributed by atoms with Gasteiger partial charge in [0, 0.05) is 59.3 Å². The lowest BCUT2D eigenvalue weighted by molar-refractivity contribution is 0.0961. The maximum atomic E-state index is 12.8. The summed E-state index contributed by atoms with van der Waals surface area (Å²) in [6.45, 7) is 2.64. The number of azide groups is 1. The molecule has 1 fully saturated rings. The molecule has 35 heavy (non-hydrogen) atoms. The summed E-state index contributed by atoms with van der Waals surface area (Å²) < 4.78 is 0. The Balaban J connectivity index is 1.47. The first-order valence-corrected chi connectivity index (χ1v) is 12.2. The number of carbonyl (C=O) groups is 1. The molecule has 0 spiro atoms. The van der Waals surface area contributed by atoms with Crippen molar-refractivity contribution in [1.29, 1.82) is 0 Å². The van der Waals surface area contributed by atoms with E-state index >= 15 is 0 Å². The Labute approximate surface area is 214 Å². The van der Waals surface area contributed by atoms with Crippen LogP contribution in [0.25, 0.3) is 10.4 Å². The average molecular weight is 509 g/mol. The summed E-state index contributed by atoms with van der Waals surface area (Å²) in [5.41, 5.74) is 12.1. The molecule has 1 aliphatic heterocycles. The van der Waals surface area contributed by atoms with Crippen LogP contribution in [0.15, 0.2) is 84.0 Å². The molecular formula is C26H26Cl2N6O. The summed E-state index contributed by atoms with van der Waals surface area (Å²) in [5.74, 6) is 0. The minimum atomic E-state index is -0.397. The molecule has 3 aromatic carbocycles. The van der Waals surface area contributed by atoms with E-state index in [-0.39, 0.29) is 18.6 Å². The summed E-state index contributed by atoms with van der Waals surface area (Å²) in [6, 6.07) is 24.5. The molecule has 7 nitrogen and oxygen atoms in total. The molecule has 3 aromatic rings. The first kappa shape index (κ1) is 24.9. The third-order valence-electron chi connectivity index (χ3n) is 6.23. The van der Waals surface area contributed by atoms with Crippen LogP contribution in [0.4, 0.5) is 4.79 Å². The molecule has 0 radical (unpaired) electrons. The first-order valence-electron chi connectivity index (χ1n) is 11.4. The topological polar surface area (TPSA) is 84.3 Å². The van der Waals surface area contributed by atoms with E-state index in [1.165, 1.54) is 0 Å². The Morgan fingerprint density at radius 1 is 0.886 bits per heavy atom. The predicted octanol–water partition coefficient (Wildman–Crippen LogP) is 6.61. The monoisotopic (exact) mass is 508 g/mol. The lowest BCUT2D eigenvalue weighted by Crippen LogP contribution is -2.52. The van der Waals surface area contributed by atoms with Gasteiger partial charge in [0.1, 0.15) is 0 Å². The van der Waals surface area contributed by atoms with Gasteiger partial charge in [-0.05, 0) is 28.8 Å². The van der Waals surface area contributed by atoms with Crippen molar-refractivity contribution in [3.63, 3.8) is 0 Å². The largest absolute Gasteiger partial charge is 0.334 e. The number of amides is 2. The maximum absolute atomic E-state index is 12.8. The number of urea groups is 1. The van der Waals surface area contributed by atoms with Gasteiger partial charge in [-0.3, -0.25) is 4.90 Å². The third kappa shape index (κ3) is 6.08. The van der Waals surface area contributed by atoms with E-state index in [0.29, 0.717) is 41.8 Å². The van der Waals surface area contributed by atoms with Gasteiger partial charge in [0.15, 0.2) is 0 Å². The van der Waals surface area contributed by atoms with Gasteiger partial charge >= 0.3 is 6.03 Å². The summed E-state index contributed by atoms with van der Waals surface area (Å²) in [4.78, 5) is 20.1. The highest BCUT2D eigenvalue weighted by Crippen LogP contribution is 2.37. The maximum Gasteiger partial charge on any atom is 0.317 e. The number of halogens is 2. The van der Waals surface area contributed by atoms with Crippen molar-refractivity contribution < 1.29 is 4.79 Å². The van der Waals surface area contributed by atoms with Crippen molar-refractivity contribution in [2.24, 2.45) is 5.11 Å². The average Bonchev–Trinajstić information content (AvgIpc) is 2.89. The Morgan fingerprint density at radius 2 is 1.46 bits per heavy atom. The van der Waals surface area contributed by atoms with Crippen molar-refractivity contribution in [2.75, 3.05) is 26.2 Å². The molecule has 2 amide bonds. The number of piperazine rings is 1. The Kier molecular flexibility index (Phi) is 8.50. The molecule has 1 aliphatic rings. The van der Waals surface area contributed by atoms with Gasteiger partial charge in [0.25, 0.3) is 0 Å². The van der Waals surface area contributed by atoms with Crippen LogP contribution in [0.3, 0.4) is 0 Å². The second-order valence-corrected chi connectivity index (χ2v) is 9.11. The smallest absolute Gasteiger partial charge is 0.317 e. The van der Waals surface area contributed by atoms with E-state index in [0.717, 1.165) is 11.1 Å². The van der Waals surface area contributed by atoms with Gasteiger partial charge < -0.3 is 10.2 Å². The van der Waals surface area contributed by atoms with E-state index < -0.39 is 6.04 Å². The highest BCUT2D eigenvalue weighted by atomic mass is 35.5. The highest BCUT2D eigenvalue weighted by molar-refractivity contribution is 6.36. The molecule has 0 aliphatic carbocycles. The Morgan fingerprint density at radius 3 is 2.03 bits per heavy atom.